The number of nitrogens with one attached hydrogen (secondary N) is 1. The number of halogens is 1. The molecule has 0 unspecified atom stereocenters. The highest BCUT2D eigenvalue weighted by molar-refractivity contribution is 6.33. The van der Waals surface area contributed by atoms with Crippen LogP contribution in [0.3, 0.4) is 0 Å². The molecule has 1 N–H and O–H groups in total. The molecule has 1 amide bonds. The minimum Gasteiger partial charge on any atom is -0.347 e. The van der Waals surface area contributed by atoms with Crippen molar-refractivity contribution in [2.75, 3.05) is 13.2 Å². The van der Waals surface area contributed by atoms with Crippen molar-refractivity contribution in [3.05, 3.63) is 34.9 Å². The Bertz CT molecular complexity index is 485. The van der Waals surface area contributed by atoms with E-state index in [-0.39, 0.29) is 12.3 Å². The van der Waals surface area contributed by atoms with Crippen LogP contribution in [0.2, 0.25) is 5.02 Å². The van der Waals surface area contributed by atoms with Gasteiger partial charge in [-0.25, -0.2) is 5.43 Å². The second-order valence-electron chi connectivity index (χ2n) is 4.32. The Morgan fingerprint density at radius 2 is 2.16 bits per heavy atom. The SMILES string of the molecule is CC1(CC(=O)N/N=C\c2ccccc2Cl)OCCO1. The number of carbonyl (C=O) groups is 1. The minimum absolute atomic E-state index is 0.104. The van der Waals surface area contributed by atoms with Crippen LogP contribution in [0.5, 0.6) is 0 Å². The maximum absolute atomic E-state index is 11.7. The van der Waals surface area contributed by atoms with E-state index in [1.807, 2.05) is 18.2 Å². The summed E-state index contributed by atoms with van der Waals surface area (Å²) in [4.78, 5) is 11.7. The highest BCUT2D eigenvalue weighted by atomic mass is 35.5. The van der Waals surface area contributed by atoms with Crippen LogP contribution < -0.4 is 5.43 Å². The van der Waals surface area contributed by atoms with Gasteiger partial charge in [-0.2, -0.15) is 5.10 Å². The average Bonchev–Trinajstić information content (AvgIpc) is 2.78. The van der Waals surface area contributed by atoms with Crippen LogP contribution in [0.4, 0.5) is 0 Å². The number of rotatable bonds is 4. The van der Waals surface area contributed by atoms with E-state index in [4.69, 9.17) is 21.1 Å². The van der Waals surface area contributed by atoms with E-state index < -0.39 is 5.79 Å². The molecule has 102 valence electrons. The van der Waals surface area contributed by atoms with Gasteiger partial charge in [0.1, 0.15) is 0 Å². The van der Waals surface area contributed by atoms with Gasteiger partial charge in [-0.1, -0.05) is 29.8 Å². The van der Waals surface area contributed by atoms with E-state index >= 15 is 0 Å². The van der Waals surface area contributed by atoms with Crippen molar-refractivity contribution in [1.29, 1.82) is 0 Å². The van der Waals surface area contributed by atoms with E-state index in [1.54, 1.807) is 13.0 Å². The molecule has 1 aliphatic rings. The van der Waals surface area contributed by atoms with E-state index in [2.05, 4.69) is 10.5 Å². The molecule has 1 fully saturated rings. The zero-order chi connectivity index (χ0) is 13.7. The monoisotopic (exact) mass is 282 g/mol. The van der Waals surface area contributed by atoms with Gasteiger partial charge < -0.3 is 9.47 Å². The summed E-state index contributed by atoms with van der Waals surface area (Å²) < 4.78 is 10.7. The largest absolute Gasteiger partial charge is 0.347 e. The van der Waals surface area contributed by atoms with Crippen molar-refractivity contribution in [3.63, 3.8) is 0 Å². The Kier molecular flexibility index (Phi) is 4.52. The van der Waals surface area contributed by atoms with Crippen LogP contribution >= 0.6 is 11.6 Å². The molecule has 19 heavy (non-hydrogen) atoms. The van der Waals surface area contributed by atoms with Gasteiger partial charge in [-0.05, 0) is 13.0 Å². The topological polar surface area (TPSA) is 59.9 Å². The first-order valence-electron chi connectivity index (χ1n) is 5.93. The maximum atomic E-state index is 11.7. The van der Waals surface area contributed by atoms with Crippen molar-refractivity contribution < 1.29 is 14.3 Å². The lowest BCUT2D eigenvalue weighted by Crippen LogP contribution is -2.33. The second-order valence-corrected chi connectivity index (χ2v) is 4.73. The fourth-order valence-corrected chi connectivity index (χ4v) is 1.93. The van der Waals surface area contributed by atoms with Crippen LogP contribution in [-0.4, -0.2) is 31.1 Å². The molecule has 1 aliphatic heterocycles. The third kappa shape index (κ3) is 4.02. The van der Waals surface area contributed by atoms with E-state index in [9.17, 15) is 4.79 Å². The Morgan fingerprint density at radius 3 is 2.84 bits per heavy atom. The molecule has 0 aliphatic carbocycles. The molecule has 6 heteroatoms. The maximum Gasteiger partial charge on any atom is 0.245 e. The molecule has 0 saturated carbocycles. The molecule has 1 aromatic carbocycles. The predicted molar refractivity (Wildman–Crippen MR) is 72.1 cm³/mol. The van der Waals surface area contributed by atoms with Gasteiger partial charge in [0.15, 0.2) is 5.79 Å². The third-order valence-electron chi connectivity index (χ3n) is 2.68. The average molecular weight is 283 g/mol. The Morgan fingerprint density at radius 1 is 1.47 bits per heavy atom. The molecular weight excluding hydrogens is 268 g/mol. The first-order valence-corrected chi connectivity index (χ1v) is 6.31. The van der Waals surface area contributed by atoms with Gasteiger partial charge in [0.2, 0.25) is 5.91 Å². The quantitative estimate of drug-likeness (QED) is 0.678. The van der Waals surface area contributed by atoms with Crippen LogP contribution in [0.1, 0.15) is 18.9 Å². The summed E-state index contributed by atoms with van der Waals surface area (Å²) in [6.45, 7) is 2.75. The zero-order valence-electron chi connectivity index (χ0n) is 10.6. The smallest absolute Gasteiger partial charge is 0.245 e. The molecule has 5 nitrogen and oxygen atoms in total. The summed E-state index contributed by atoms with van der Waals surface area (Å²) in [5.74, 6) is -1.11. The highest BCUT2D eigenvalue weighted by Crippen LogP contribution is 2.22. The Balaban J connectivity index is 1.85. The van der Waals surface area contributed by atoms with Gasteiger partial charge in [0.05, 0.1) is 25.8 Å². The number of amides is 1. The summed E-state index contributed by atoms with van der Waals surface area (Å²) in [7, 11) is 0. The lowest BCUT2D eigenvalue weighted by Gasteiger charge is -2.20. The first-order chi connectivity index (χ1) is 9.09. The highest BCUT2D eigenvalue weighted by Gasteiger charge is 2.33. The van der Waals surface area contributed by atoms with Crippen LogP contribution in [0.25, 0.3) is 0 Å². The summed E-state index contributed by atoms with van der Waals surface area (Å²) >= 11 is 5.96. The van der Waals surface area contributed by atoms with Crippen molar-refractivity contribution >= 4 is 23.7 Å². The summed E-state index contributed by atoms with van der Waals surface area (Å²) in [6.07, 6.45) is 1.60. The van der Waals surface area contributed by atoms with Gasteiger partial charge in [-0.3, -0.25) is 4.79 Å². The number of ether oxygens (including phenoxy) is 2. The molecule has 0 atom stereocenters. The fraction of sp³-hybridized carbons (Fsp3) is 0.385. The normalized spacial score (nSPS) is 17.8. The summed E-state index contributed by atoms with van der Waals surface area (Å²) in [5.41, 5.74) is 3.16. The Hall–Kier alpha value is -1.43. The zero-order valence-corrected chi connectivity index (χ0v) is 11.3. The first kappa shape index (κ1) is 14.0. The third-order valence-corrected chi connectivity index (χ3v) is 3.02. The second kappa shape index (κ2) is 6.14. The van der Waals surface area contributed by atoms with E-state index in [1.165, 1.54) is 6.21 Å². The van der Waals surface area contributed by atoms with E-state index in [0.29, 0.717) is 18.2 Å². The van der Waals surface area contributed by atoms with Crippen molar-refractivity contribution in [3.8, 4) is 0 Å². The molecule has 1 heterocycles. The molecular formula is C13H15ClN2O3. The van der Waals surface area contributed by atoms with Gasteiger partial charge in [-0.15, -0.1) is 0 Å². The van der Waals surface area contributed by atoms with E-state index in [0.717, 1.165) is 5.56 Å². The Labute approximate surface area is 116 Å². The van der Waals surface area contributed by atoms with Crippen LogP contribution in [0, 0.1) is 0 Å². The lowest BCUT2D eigenvalue weighted by molar-refractivity contribution is -0.159. The van der Waals surface area contributed by atoms with Crippen molar-refractivity contribution in [2.45, 2.75) is 19.1 Å². The number of nitrogens with zero attached hydrogens (tertiary/aromatic N) is 1. The lowest BCUT2D eigenvalue weighted by atomic mass is 10.2. The number of carbonyl (C=O) groups excluding carboxylic acids is 1. The number of hydrogen-bond acceptors (Lipinski definition) is 4. The van der Waals surface area contributed by atoms with Crippen LogP contribution in [-0.2, 0) is 14.3 Å². The fourth-order valence-electron chi connectivity index (χ4n) is 1.74. The number of benzene rings is 1. The summed E-state index contributed by atoms with van der Waals surface area (Å²) in [5, 5.41) is 4.43. The molecule has 2 rings (SSSR count). The van der Waals surface area contributed by atoms with Crippen molar-refractivity contribution in [1.82, 2.24) is 5.43 Å². The molecule has 0 radical (unpaired) electrons. The molecule has 0 bridgehead atoms. The minimum atomic E-state index is -0.843. The standard InChI is InChI=1S/C13H15ClN2O3/c1-13(18-6-7-19-13)8-12(17)16-15-9-10-4-2-3-5-11(10)14/h2-5,9H,6-8H2,1H3,(H,16,17)/b15-9-. The number of hydrogen-bond donors (Lipinski definition) is 1. The van der Waals surface area contributed by atoms with Gasteiger partial charge >= 0.3 is 0 Å². The van der Waals surface area contributed by atoms with Gasteiger partial charge in [0, 0.05) is 10.6 Å². The van der Waals surface area contributed by atoms with Crippen LogP contribution in [0.15, 0.2) is 29.4 Å². The summed E-state index contributed by atoms with van der Waals surface area (Å²) in [6, 6.07) is 7.23. The molecule has 1 aromatic rings. The van der Waals surface area contributed by atoms with Gasteiger partial charge in [0.25, 0.3) is 0 Å². The molecule has 0 spiro atoms. The molecule has 0 aromatic heterocycles. The predicted octanol–water partition coefficient (Wildman–Crippen LogP) is 1.94. The number of hydrazone groups is 1. The molecule has 1 saturated heterocycles. The van der Waals surface area contributed by atoms with Crippen molar-refractivity contribution in [2.24, 2.45) is 5.10 Å².